The molecule has 6 heteroatoms. The summed E-state index contributed by atoms with van der Waals surface area (Å²) >= 11 is 1.30. The van der Waals surface area contributed by atoms with E-state index in [0.29, 0.717) is 16.1 Å². The molecule has 0 aliphatic carbocycles. The molecule has 1 heterocycles. The number of hydrogen-bond acceptors (Lipinski definition) is 5. The highest BCUT2D eigenvalue weighted by Gasteiger charge is 2.16. The van der Waals surface area contributed by atoms with Gasteiger partial charge in [0.15, 0.2) is 0 Å². The third-order valence-electron chi connectivity index (χ3n) is 2.32. The van der Waals surface area contributed by atoms with Crippen molar-refractivity contribution in [3.8, 4) is 0 Å². The third kappa shape index (κ3) is 4.30. The van der Waals surface area contributed by atoms with Crippen molar-refractivity contribution in [2.45, 2.75) is 27.2 Å². The van der Waals surface area contributed by atoms with E-state index in [1.807, 2.05) is 6.92 Å². The van der Waals surface area contributed by atoms with Gasteiger partial charge in [0.25, 0.3) is 5.91 Å². The average molecular weight is 256 g/mol. The lowest BCUT2D eigenvalue weighted by Crippen LogP contribution is -2.28. The number of carbonyl (C=O) groups is 1. The predicted octanol–water partition coefficient (Wildman–Crippen LogP) is 2.09. The molecule has 0 aliphatic heterocycles. The highest BCUT2D eigenvalue weighted by Crippen LogP contribution is 2.16. The molecule has 0 radical (unpaired) electrons. The number of hydrogen-bond donors (Lipinski definition) is 1. The van der Waals surface area contributed by atoms with Crippen LogP contribution in [0, 0.1) is 5.92 Å². The Morgan fingerprint density at radius 3 is 2.76 bits per heavy atom. The molecular formula is C11H20N4OS. The Kier molecular flexibility index (Phi) is 5.34. The maximum absolute atomic E-state index is 12.0. The van der Waals surface area contributed by atoms with E-state index in [1.165, 1.54) is 11.3 Å². The van der Waals surface area contributed by atoms with Crippen LogP contribution in [0.2, 0.25) is 0 Å². The van der Waals surface area contributed by atoms with Gasteiger partial charge in [0.05, 0.1) is 0 Å². The van der Waals surface area contributed by atoms with Crippen LogP contribution in [-0.2, 0) is 0 Å². The van der Waals surface area contributed by atoms with Gasteiger partial charge in [0.1, 0.15) is 0 Å². The summed E-state index contributed by atoms with van der Waals surface area (Å²) in [5, 5.41) is 12.0. The van der Waals surface area contributed by atoms with Gasteiger partial charge in [-0.3, -0.25) is 4.79 Å². The number of anilines is 1. The summed E-state index contributed by atoms with van der Waals surface area (Å²) in [4.78, 5) is 13.7. The minimum absolute atomic E-state index is 0.0488. The number of carbonyl (C=O) groups excluding carboxylic acids is 1. The van der Waals surface area contributed by atoms with E-state index >= 15 is 0 Å². The zero-order valence-corrected chi connectivity index (χ0v) is 11.7. The van der Waals surface area contributed by atoms with Crippen molar-refractivity contribution in [1.29, 1.82) is 0 Å². The molecule has 0 atom stereocenters. The molecule has 5 nitrogen and oxygen atoms in total. The van der Waals surface area contributed by atoms with Gasteiger partial charge in [-0.25, -0.2) is 0 Å². The monoisotopic (exact) mass is 256 g/mol. The van der Waals surface area contributed by atoms with Crippen LogP contribution in [-0.4, -0.2) is 41.1 Å². The lowest BCUT2D eigenvalue weighted by Gasteiger charge is -2.16. The second-order valence-corrected chi connectivity index (χ2v) is 5.33. The normalized spacial score (nSPS) is 10.6. The fourth-order valence-corrected chi connectivity index (χ4v) is 2.06. The quantitative estimate of drug-likeness (QED) is 0.846. The molecule has 1 N–H and O–H groups in total. The van der Waals surface area contributed by atoms with Crippen LogP contribution in [0.5, 0.6) is 0 Å². The molecule has 0 saturated heterocycles. The number of nitrogens with one attached hydrogen (secondary N) is 1. The Morgan fingerprint density at radius 1 is 1.47 bits per heavy atom. The third-order valence-corrected chi connectivity index (χ3v) is 3.19. The Labute approximate surface area is 106 Å². The predicted molar refractivity (Wildman–Crippen MR) is 70.5 cm³/mol. The van der Waals surface area contributed by atoms with E-state index in [1.54, 1.807) is 11.9 Å². The molecule has 0 saturated carbocycles. The summed E-state index contributed by atoms with van der Waals surface area (Å²) in [6.45, 7) is 7.81. The minimum atomic E-state index is -0.0488. The molecule has 0 aliphatic rings. The SMILES string of the molecule is CCNc1nnc(C(=O)N(C)CCC(C)C)s1. The van der Waals surface area contributed by atoms with Gasteiger partial charge in [-0.1, -0.05) is 25.2 Å². The van der Waals surface area contributed by atoms with Crippen molar-refractivity contribution in [3.05, 3.63) is 5.01 Å². The van der Waals surface area contributed by atoms with Gasteiger partial charge in [-0.15, -0.1) is 10.2 Å². The van der Waals surface area contributed by atoms with E-state index in [-0.39, 0.29) is 5.91 Å². The summed E-state index contributed by atoms with van der Waals surface area (Å²) in [5.41, 5.74) is 0. The topological polar surface area (TPSA) is 58.1 Å². The van der Waals surface area contributed by atoms with Crippen LogP contribution >= 0.6 is 11.3 Å². The summed E-state index contributed by atoms with van der Waals surface area (Å²) in [5.74, 6) is 0.546. The van der Waals surface area contributed by atoms with E-state index in [2.05, 4.69) is 29.4 Å². The standard InChI is InChI=1S/C11H20N4OS/c1-5-12-11-14-13-9(17-11)10(16)15(4)7-6-8(2)3/h8H,5-7H2,1-4H3,(H,12,14). The molecule has 1 aromatic rings. The fourth-order valence-electron chi connectivity index (χ4n) is 1.25. The van der Waals surface area contributed by atoms with Crippen LogP contribution in [0.15, 0.2) is 0 Å². The van der Waals surface area contributed by atoms with Crippen molar-refractivity contribution in [1.82, 2.24) is 15.1 Å². The van der Waals surface area contributed by atoms with Gasteiger partial charge in [-0.2, -0.15) is 0 Å². The fraction of sp³-hybridized carbons (Fsp3) is 0.727. The molecule has 1 aromatic heterocycles. The van der Waals surface area contributed by atoms with E-state index in [4.69, 9.17) is 0 Å². The second kappa shape index (κ2) is 6.54. The smallest absolute Gasteiger partial charge is 0.284 e. The van der Waals surface area contributed by atoms with Crippen LogP contribution in [0.3, 0.4) is 0 Å². The van der Waals surface area contributed by atoms with Crippen molar-refractivity contribution in [3.63, 3.8) is 0 Å². The molecule has 0 unspecified atom stereocenters. The Bertz CT molecular complexity index is 364. The number of rotatable bonds is 6. The van der Waals surface area contributed by atoms with Gasteiger partial charge < -0.3 is 10.2 Å². The Morgan fingerprint density at radius 2 is 2.18 bits per heavy atom. The maximum atomic E-state index is 12.0. The first kappa shape index (κ1) is 13.9. The van der Waals surface area contributed by atoms with E-state index in [9.17, 15) is 4.79 Å². The van der Waals surface area contributed by atoms with Gasteiger partial charge >= 0.3 is 0 Å². The summed E-state index contributed by atoms with van der Waals surface area (Å²) in [6.07, 6.45) is 1.00. The van der Waals surface area contributed by atoms with Crippen LogP contribution in [0.25, 0.3) is 0 Å². The van der Waals surface area contributed by atoms with Gasteiger partial charge in [0, 0.05) is 20.1 Å². The van der Waals surface area contributed by atoms with Crippen LogP contribution in [0.4, 0.5) is 5.13 Å². The van der Waals surface area contributed by atoms with E-state index in [0.717, 1.165) is 19.5 Å². The minimum Gasteiger partial charge on any atom is -0.360 e. The largest absolute Gasteiger partial charge is 0.360 e. The Hall–Kier alpha value is -1.17. The van der Waals surface area contributed by atoms with Crippen LogP contribution < -0.4 is 5.32 Å². The highest BCUT2D eigenvalue weighted by atomic mass is 32.1. The van der Waals surface area contributed by atoms with E-state index < -0.39 is 0 Å². The van der Waals surface area contributed by atoms with Gasteiger partial charge in [0.2, 0.25) is 10.1 Å². The Balaban J connectivity index is 2.55. The molecular weight excluding hydrogens is 236 g/mol. The average Bonchev–Trinajstić information content (AvgIpc) is 2.74. The first-order valence-corrected chi connectivity index (χ1v) is 6.69. The van der Waals surface area contributed by atoms with Crippen molar-refractivity contribution in [2.75, 3.05) is 25.5 Å². The van der Waals surface area contributed by atoms with Crippen LogP contribution in [0.1, 0.15) is 37.0 Å². The highest BCUT2D eigenvalue weighted by molar-refractivity contribution is 7.17. The maximum Gasteiger partial charge on any atom is 0.284 e. The molecule has 0 aromatic carbocycles. The van der Waals surface area contributed by atoms with Crippen molar-refractivity contribution < 1.29 is 4.79 Å². The molecule has 1 rings (SSSR count). The van der Waals surface area contributed by atoms with Crippen molar-refractivity contribution >= 4 is 22.4 Å². The zero-order valence-electron chi connectivity index (χ0n) is 10.9. The van der Waals surface area contributed by atoms with Gasteiger partial charge in [-0.05, 0) is 19.3 Å². The summed E-state index contributed by atoms with van der Waals surface area (Å²) in [7, 11) is 1.80. The zero-order chi connectivity index (χ0) is 12.8. The first-order chi connectivity index (χ1) is 8.04. The summed E-state index contributed by atoms with van der Waals surface area (Å²) in [6, 6.07) is 0. The summed E-state index contributed by atoms with van der Waals surface area (Å²) < 4.78 is 0. The lowest BCUT2D eigenvalue weighted by molar-refractivity contribution is 0.0788. The molecule has 0 bridgehead atoms. The molecule has 17 heavy (non-hydrogen) atoms. The lowest BCUT2D eigenvalue weighted by atomic mass is 10.1. The second-order valence-electron chi connectivity index (χ2n) is 4.35. The number of nitrogens with zero attached hydrogens (tertiary/aromatic N) is 3. The molecule has 0 fully saturated rings. The van der Waals surface area contributed by atoms with Crippen molar-refractivity contribution in [2.24, 2.45) is 5.92 Å². The first-order valence-electron chi connectivity index (χ1n) is 5.87. The number of amides is 1. The number of aromatic nitrogens is 2. The molecule has 0 spiro atoms. The molecule has 96 valence electrons. The molecule has 1 amide bonds.